The summed E-state index contributed by atoms with van der Waals surface area (Å²) >= 11 is 0. The van der Waals surface area contributed by atoms with Gasteiger partial charge >= 0.3 is 5.97 Å². The highest BCUT2D eigenvalue weighted by atomic mass is 16.6. The Labute approximate surface area is 162 Å². The molecule has 1 saturated heterocycles. The van der Waals surface area contributed by atoms with Crippen LogP contribution in [0.3, 0.4) is 0 Å². The van der Waals surface area contributed by atoms with Gasteiger partial charge in [-0.25, -0.2) is 0 Å². The van der Waals surface area contributed by atoms with Gasteiger partial charge in [-0.2, -0.15) is 0 Å². The summed E-state index contributed by atoms with van der Waals surface area (Å²) in [4.78, 5) is 12.6. The number of carbonyl (C=O) groups is 1. The predicted octanol–water partition coefficient (Wildman–Crippen LogP) is 3.48. The smallest absolute Gasteiger partial charge is 0.315 e. The van der Waals surface area contributed by atoms with Crippen LogP contribution in [0.5, 0.6) is 0 Å². The van der Waals surface area contributed by atoms with E-state index in [1.807, 2.05) is 12.1 Å². The van der Waals surface area contributed by atoms with Crippen molar-refractivity contribution in [3.8, 4) is 0 Å². The van der Waals surface area contributed by atoms with E-state index in [1.54, 1.807) is 11.8 Å². The number of hydrogen-bond donors (Lipinski definition) is 1. The molecule has 6 atom stereocenters. The zero-order chi connectivity index (χ0) is 19.0. The van der Waals surface area contributed by atoms with Gasteiger partial charge in [-0.3, -0.25) is 4.79 Å². The van der Waals surface area contributed by atoms with Crippen LogP contribution < -0.4 is 5.32 Å². The lowest BCUT2D eigenvalue weighted by atomic mass is 9.59. The molecule has 0 aromatic carbocycles. The minimum Gasteiger partial charge on any atom is -0.469 e. The highest BCUT2D eigenvalue weighted by molar-refractivity contribution is 5.76. The first-order valence-electron chi connectivity index (χ1n) is 10.7. The SMILES string of the molecule is C[C@@H]1CCC[C@]2(C)C[C@H]3OC(=O)[C@@H](C[NH2+][C@@H](C)CCc4ccco4)[C@H]3C=C12. The lowest BCUT2D eigenvalue weighted by Gasteiger charge is -2.45. The van der Waals surface area contributed by atoms with E-state index in [4.69, 9.17) is 9.15 Å². The van der Waals surface area contributed by atoms with Gasteiger partial charge in [0.25, 0.3) is 0 Å². The third-order valence-electron chi connectivity index (χ3n) is 7.30. The first-order chi connectivity index (χ1) is 13.0. The molecule has 0 unspecified atom stereocenters. The molecule has 1 aromatic rings. The van der Waals surface area contributed by atoms with Crippen molar-refractivity contribution in [2.75, 3.05) is 6.54 Å². The zero-order valence-corrected chi connectivity index (χ0v) is 16.9. The van der Waals surface area contributed by atoms with E-state index in [2.05, 4.69) is 32.2 Å². The monoisotopic (exact) mass is 372 g/mol. The Morgan fingerprint density at radius 1 is 1.41 bits per heavy atom. The Morgan fingerprint density at radius 2 is 2.26 bits per heavy atom. The second-order valence-corrected chi connectivity index (χ2v) is 9.41. The minimum atomic E-state index is 0.00670. The molecule has 2 N–H and O–H groups in total. The number of carbonyl (C=O) groups excluding carboxylic acids is 1. The van der Waals surface area contributed by atoms with E-state index in [0.29, 0.717) is 12.0 Å². The molecular formula is C23H34NO3+. The third kappa shape index (κ3) is 3.73. The number of esters is 1. The highest BCUT2D eigenvalue weighted by Gasteiger charge is 2.52. The van der Waals surface area contributed by atoms with Crippen molar-refractivity contribution in [3.63, 3.8) is 0 Å². The number of furan rings is 1. The van der Waals surface area contributed by atoms with Crippen LogP contribution in [0.2, 0.25) is 0 Å². The Balaban J connectivity index is 1.39. The average Bonchev–Trinajstić information content (AvgIpc) is 3.23. The van der Waals surface area contributed by atoms with Crippen LogP contribution in [0.1, 0.15) is 58.6 Å². The predicted molar refractivity (Wildman–Crippen MR) is 104 cm³/mol. The molecule has 1 aliphatic heterocycles. The lowest BCUT2D eigenvalue weighted by Crippen LogP contribution is -2.90. The Hall–Kier alpha value is -1.55. The van der Waals surface area contributed by atoms with Gasteiger partial charge in [-0.05, 0) is 49.7 Å². The van der Waals surface area contributed by atoms with Crippen LogP contribution in [0.25, 0.3) is 0 Å². The molecule has 0 bridgehead atoms. The van der Waals surface area contributed by atoms with Gasteiger partial charge in [0.2, 0.25) is 0 Å². The summed E-state index contributed by atoms with van der Waals surface area (Å²) in [7, 11) is 0. The molecule has 2 aliphatic carbocycles. The van der Waals surface area contributed by atoms with Crippen molar-refractivity contribution in [3.05, 3.63) is 35.8 Å². The maximum atomic E-state index is 12.6. The van der Waals surface area contributed by atoms with Crippen LogP contribution in [-0.4, -0.2) is 24.7 Å². The summed E-state index contributed by atoms with van der Waals surface area (Å²) in [5.41, 5.74) is 1.85. The van der Waals surface area contributed by atoms with Crippen molar-refractivity contribution < 1.29 is 19.3 Å². The number of hydrogen-bond acceptors (Lipinski definition) is 3. The quantitative estimate of drug-likeness (QED) is 0.614. The average molecular weight is 373 g/mol. The molecule has 4 heteroatoms. The van der Waals surface area contributed by atoms with Crippen LogP contribution in [0.4, 0.5) is 0 Å². The van der Waals surface area contributed by atoms with E-state index >= 15 is 0 Å². The molecule has 1 saturated carbocycles. The van der Waals surface area contributed by atoms with Crippen LogP contribution in [0, 0.1) is 23.2 Å². The number of ether oxygens (including phenoxy) is 1. The molecule has 27 heavy (non-hydrogen) atoms. The van der Waals surface area contributed by atoms with Crippen LogP contribution in [0.15, 0.2) is 34.5 Å². The first kappa shape index (κ1) is 18.8. The maximum Gasteiger partial charge on any atom is 0.315 e. The Bertz CT molecular complexity index is 694. The van der Waals surface area contributed by atoms with Gasteiger partial charge in [0.15, 0.2) is 0 Å². The summed E-state index contributed by atoms with van der Waals surface area (Å²) in [6.45, 7) is 7.81. The van der Waals surface area contributed by atoms with Crippen LogP contribution in [-0.2, 0) is 16.0 Å². The van der Waals surface area contributed by atoms with E-state index in [-0.39, 0.29) is 29.3 Å². The number of fused-ring (bicyclic) bond motifs is 2. The van der Waals surface area contributed by atoms with Crippen molar-refractivity contribution in [1.29, 1.82) is 0 Å². The van der Waals surface area contributed by atoms with Gasteiger partial charge in [-0.15, -0.1) is 0 Å². The van der Waals surface area contributed by atoms with Crippen molar-refractivity contribution in [1.82, 2.24) is 0 Å². The molecule has 2 heterocycles. The Morgan fingerprint density at radius 3 is 3.04 bits per heavy atom. The number of nitrogens with two attached hydrogens (primary N) is 1. The number of allylic oxidation sites excluding steroid dienone is 1. The molecule has 4 rings (SSSR count). The Kier molecular flexibility index (Phi) is 5.19. The summed E-state index contributed by atoms with van der Waals surface area (Å²) < 4.78 is 11.3. The van der Waals surface area contributed by atoms with Gasteiger partial charge in [0.05, 0.1) is 18.8 Å². The van der Waals surface area contributed by atoms with E-state index in [1.165, 1.54) is 19.3 Å². The topological polar surface area (TPSA) is 56.0 Å². The molecule has 2 fully saturated rings. The summed E-state index contributed by atoms with van der Waals surface area (Å²) in [5, 5.41) is 2.33. The number of aryl methyl sites for hydroxylation is 1. The lowest BCUT2D eigenvalue weighted by molar-refractivity contribution is -0.690. The summed E-state index contributed by atoms with van der Waals surface area (Å²) in [5.74, 6) is 1.99. The molecule has 0 spiro atoms. The highest BCUT2D eigenvalue weighted by Crippen LogP contribution is 2.53. The largest absolute Gasteiger partial charge is 0.469 e. The fourth-order valence-corrected chi connectivity index (χ4v) is 5.64. The number of quaternary nitrogens is 1. The van der Waals surface area contributed by atoms with E-state index in [9.17, 15) is 4.79 Å². The van der Waals surface area contributed by atoms with Crippen molar-refractivity contribution >= 4 is 5.97 Å². The fourth-order valence-electron chi connectivity index (χ4n) is 5.64. The maximum absolute atomic E-state index is 12.6. The molecule has 4 nitrogen and oxygen atoms in total. The van der Waals surface area contributed by atoms with Gasteiger partial charge in [0.1, 0.15) is 17.8 Å². The molecule has 1 aromatic heterocycles. The van der Waals surface area contributed by atoms with Gasteiger partial charge < -0.3 is 14.5 Å². The summed E-state index contributed by atoms with van der Waals surface area (Å²) in [6, 6.07) is 4.44. The first-order valence-corrected chi connectivity index (χ1v) is 10.7. The number of rotatable bonds is 6. The second-order valence-electron chi connectivity index (χ2n) is 9.41. The molecular weight excluding hydrogens is 338 g/mol. The standard InChI is InChI=1S/C23H33NO3/c1-15-6-4-10-23(3)13-21-18(12-20(15)23)19(22(25)27-21)14-24-16(2)8-9-17-7-5-11-26-17/h5,7,11-12,15-16,18-19,21,24H,4,6,8-10,13-14H2,1-3H3/p+1/t15-,16+,18-,19+,21-,23-/m1/s1. The van der Waals surface area contributed by atoms with E-state index in [0.717, 1.165) is 31.6 Å². The van der Waals surface area contributed by atoms with Gasteiger partial charge in [0, 0.05) is 18.8 Å². The molecule has 0 amide bonds. The zero-order valence-electron chi connectivity index (χ0n) is 16.9. The molecule has 0 radical (unpaired) electrons. The molecule has 3 aliphatic rings. The second kappa shape index (κ2) is 7.46. The summed E-state index contributed by atoms with van der Waals surface area (Å²) in [6.07, 6.45) is 11.1. The minimum absolute atomic E-state index is 0.00670. The van der Waals surface area contributed by atoms with Gasteiger partial charge in [-0.1, -0.05) is 31.9 Å². The third-order valence-corrected chi connectivity index (χ3v) is 7.30. The fraction of sp³-hybridized carbons (Fsp3) is 0.696. The molecule has 148 valence electrons. The normalized spacial score (nSPS) is 36.6. The van der Waals surface area contributed by atoms with Crippen molar-refractivity contribution in [2.45, 2.75) is 71.4 Å². The van der Waals surface area contributed by atoms with E-state index < -0.39 is 0 Å². The van der Waals surface area contributed by atoms with Crippen LogP contribution >= 0.6 is 0 Å². The van der Waals surface area contributed by atoms with Crippen molar-refractivity contribution in [2.24, 2.45) is 23.2 Å².